The highest BCUT2D eigenvalue weighted by molar-refractivity contribution is 9.10. The van der Waals surface area contributed by atoms with E-state index in [2.05, 4.69) is 21.2 Å². The summed E-state index contributed by atoms with van der Waals surface area (Å²) in [5.74, 6) is -1.81. The molecular formula is C35H30BrClN2O3. The van der Waals surface area contributed by atoms with Gasteiger partial charge in [0, 0.05) is 28.7 Å². The van der Waals surface area contributed by atoms with E-state index in [4.69, 9.17) is 11.6 Å². The third-order valence-electron chi connectivity index (χ3n) is 7.43. The van der Waals surface area contributed by atoms with Gasteiger partial charge in [-0.25, -0.2) is 0 Å². The summed E-state index contributed by atoms with van der Waals surface area (Å²) in [5, 5.41) is 3.31. The Hall–Kier alpha value is -4.00. The second kappa shape index (κ2) is 13.8. The molecule has 5 rings (SSSR count). The lowest BCUT2D eigenvalue weighted by Gasteiger charge is -2.32. The SMILES string of the molecule is O=C(c1ccccc1Cl)c1cc(Br)ccc1NC(=O)C1CC=CCC1C(=O)N(Cc1ccccc1)Cc1ccccc1. The topological polar surface area (TPSA) is 66.5 Å². The molecule has 0 heterocycles. The first-order valence-corrected chi connectivity index (χ1v) is 15.0. The minimum Gasteiger partial charge on any atom is -0.334 e. The number of amides is 2. The van der Waals surface area contributed by atoms with Crippen molar-refractivity contribution in [1.82, 2.24) is 4.90 Å². The van der Waals surface area contributed by atoms with Crippen LogP contribution < -0.4 is 5.32 Å². The van der Waals surface area contributed by atoms with Gasteiger partial charge >= 0.3 is 0 Å². The number of rotatable bonds is 9. The van der Waals surface area contributed by atoms with E-state index in [1.807, 2.05) is 77.7 Å². The molecule has 0 aliphatic heterocycles. The molecule has 4 aromatic rings. The smallest absolute Gasteiger partial charge is 0.228 e. The van der Waals surface area contributed by atoms with Crippen LogP contribution in [0.2, 0.25) is 5.02 Å². The molecule has 0 bridgehead atoms. The van der Waals surface area contributed by atoms with E-state index in [0.717, 1.165) is 11.1 Å². The van der Waals surface area contributed by atoms with Crippen LogP contribution in [-0.2, 0) is 22.7 Å². The number of nitrogens with zero attached hydrogens (tertiary/aromatic N) is 1. The summed E-state index contributed by atoms with van der Waals surface area (Å²) in [6.45, 7) is 0.874. The summed E-state index contributed by atoms with van der Waals surface area (Å²) in [7, 11) is 0. The summed E-state index contributed by atoms with van der Waals surface area (Å²) in [5.41, 5.74) is 3.08. The molecule has 2 unspecified atom stereocenters. The largest absolute Gasteiger partial charge is 0.334 e. The minimum absolute atomic E-state index is 0.0737. The average molecular weight is 642 g/mol. The van der Waals surface area contributed by atoms with Gasteiger partial charge in [0.2, 0.25) is 11.8 Å². The van der Waals surface area contributed by atoms with Gasteiger partial charge in [0.1, 0.15) is 0 Å². The zero-order chi connectivity index (χ0) is 29.5. The van der Waals surface area contributed by atoms with E-state index in [-0.39, 0.29) is 17.6 Å². The highest BCUT2D eigenvalue weighted by atomic mass is 79.9. The molecule has 4 aromatic carbocycles. The molecule has 1 aliphatic rings. The summed E-state index contributed by atoms with van der Waals surface area (Å²) < 4.78 is 0.696. The first kappa shape index (κ1) is 29.5. The van der Waals surface area contributed by atoms with Gasteiger partial charge in [0.15, 0.2) is 5.78 Å². The van der Waals surface area contributed by atoms with Gasteiger partial charge in [-0.3, -0.25) is 14.4 Å². The van der Waals surface area contributed by atoms with Crippen molar-refractivity contribution in [3.05, 3.63) is 147 Å². The minimum atomic E-state index is -0.594. The molecule has 2 atom stereocenters. The van der Waals surface area contributed by atoms with Crippen LogP contribution >= 0.6 is 27.5 Å². The molecule has 0 aromatic heterocycles. The zero-order valence-corrected chi connectivity index (χ0v) is 25.2. The number of nitrogens with one attached hydrogen (secondary N) is 1. The van der Waals surface area contributed by atoms with Crippen molar-refractivity contribution in [3.63, 3.8) is 0 Å². The Bertz CT molecular complexity index is 1570. The van der Waals surface area contributed by atoms with Crippen molar-refractivity contribution < 1.29 is 14.4 Å². The fraction of sp³-hybridized carbons (Fsp3) is 0.171. The van der Waals surface area contributed by atoms with Gasteiger partial charge in [-0.15, -0.1) is 0 Å². The van der Waals surface area contributed by atoms with Crippen molar-refractivity contribution >= 4 is 50.8 Å². The number of anilines is 1. The highest BCUT2D eigenvalue weighted by Crippen LogP contribution is 2.32. The van der Waals surface area contributed by atoms with Crippen molar-refractivity contribution in [2.75, 3.05) is 5.32 Å². The lowest BCUT2D eigenvalue weighted by Crippen LogP contribution is -2.42. The highest BCUT2D eigenvalue weighted by Gasteiger charge is 2.37. The molecule has 42 heavy (non-hydrogen) atoms. The lowest BCUT2D eigenvalue weighted by atomic mass is 9.81. The first-order valence-electron chi connectivity index (χ1n) is 13.8. The normalized spacial score (nSPS) is 16.0. The number of carbonyl (C=O) groups excluding carboxylic acids is 3. The van der Waals surface area contributed by atoms with E-state index >= 15 is 0 Å². The molecule has 1 aliphatic carbocycles. The summed E-state index contributed by atoms with van der Waals surface area (Å²) >= 11 is 9.76. The van der Waals surface area contributed by atoms with Gasteiger partial charge in [0.25, 0.3) is 0 Å². The Labute approximate surface area is 259 Å². The van der Waals surface area contributed by atoms with Crippen LogP contribution in [0.3, 0.4) is 0 Å². The monoisotopic (exact) mass is 640 g/mol. The summed E-state index contributed by atoms with van der Waals surface area (Å²) in [4.78, 5) is 43.3. The predicted octanol–water partition coefficient (Wildman–Crippen LogP) is 8.08. The zero-order valence-electron chi connectivity index (χ0n) is 22.9. The van der Waals surface area contributed by atoms with E-state index in [0.29, 0.717) is 52.2 Å². The fourth-order valence-corrected chi connectivity index (χ4v) is 5.84. The van der Waals surface area contributed by atoms with Crippen LogP contribution in [0.5, 0.6) is 0 Å². The van der Waals surface area contributed by atoms with E-state index in [1.165, 1.54) is 0 Å². The van der Waals surface area contributed by atoms with Crippen molar-refractivity contribution in [3.8, 4) is 0 Å². The van der Waals surface area contributed by atoms with Gasteiger partial charge < -0.3 is 10.2 Å². The molecule has 2 amide bonds. The molecule has 0 spiro atoms. The molecule has 7 heteroatoms. The van der Waals surface area contributed by atoms with Crippen LogP contribution in [0, 0.1) is 11.8 Å². The van der Waals surface area contributed by atoms with E-state index in [1.54, 1.807) is 42.5 Å². The van der Waals surface area contributed by atoms with Crippen molar-refractivity contribution in [1.29, 1.82) is 0 Å². The average Bonchev–Trinajstić information content (AvgIpc) is 3.02. The number of hydrogen-bond acceptors (Lipinski definition) is 3. The molecule has 0 radical (unpaired) electrons. The second-order valence-corrected chi connectivity index (χ2v) is 11.6. The van der Waals surface area contributed by atoms with E-state index < -0.39 is 11.8 Å². The van der Waals surface area contributed by atoms with Crippen molar-refractivity contribution in [2.45, 2.75) is 25.9 Å². The van der Waals surface area contributed by atoms with Gasteiger partial charge in [0.05, 0.1) is 22.5 Å². The quantitative estimate of drug-likeness (QED) is 0.148. The number of ketones is 1. The van der Waals surface area contributed by atoms with Gasteiger partial charge in [-0.05, 0) is 54.3 Å². The van der Waals surface area contributed by atoms with Gasteiger partial charge in [-0.1, -0.05) is 112 Å². The second-order valence-electron chi connectivity index (χ2n) is 10.3. The standard InChI is InChI=1S/C35H30BrClN2O3/c36-26-19-20-32(30(21-26)33(40)29-17-9-10-18-31(29)37)38-34(41)27-15-7-8-16-28(27)35(42)39(22-24-11-3-1-4-12-24)23-25-13-5-2-6-14-25/h1-14,17-21,27-28H,15-16,22-23H2,(H,38,41). The Morgan fingerprint density at radius 1 is 0.738 bits per heavy atom. The maximum atomic E-state index is 14.2. The van der Waals surface area contributed by atoms with Crippen molar-refractivity contribution in [2.24, 2.45) is 11.8 Å². The maximum Gasteiger partial charge on any atom is 0.228 e. The molecule has 0 saturated heterocycles. The van der Waals surface area contributed by atoms with Crippen LogP contribution in [-0.4, -0.2) is 22.5 Å². The Morgan fingerprint density at radius 3 is 1.93 bits per heavy atom. The number of benzene rings is 4. The van der Waals surface area contributed by atoms with Crippen LogP contribution in [0.1, 0.15) is 39.9 Å². The fourth-order valence-electron chi connectivity index (χ4n) is 5.26. The number of allylic oxidation sites excluding steroid dienone is 2. The first-order chi connectivity index (χ1) is 20.4. The number of halogens is 2. The summed E-state index contributed by atoms with van der Waals surface area (Å²) in [6.07, 6.45) is 4.81. The maximum absolute atomic E-state index is 14.2. The van der Waals surface area contributed by atoms with Crippen LogP contribution in [0.15, 0.2) is 120 Å². The molecule has 1 N–H and O–H groups in total. The van der Waals surface area contributed by atoms with E-state index in [9.17, 15) is 14.4 Å². The van der Waals surface area contributed by atoms with Crippen LogP contribution in [0.4, 0.5) is 5.69 Å². The number of carbonyl (C=O) groups is 3. The predicted molar refractivity (Wildman–Crippen MR) is 170 cm³/mol. The third-order valence-corrected chi connectivity index (χ3v) is 8.26. The Balaban J connectivity index is 1.40. The Morgan fingerprint density at radius 2 is 1.31 bits per heavy atom. The molecule has 0 fully saturated rings. The third kappa shape index (κ3) is 7.07. The van der Waals surface area contributed by atoms with Gasteiger partial charge in [-0.2, -0.15) is 0 Å². The molecule has 5 nitrogen and oxygen atoms in total. The molecular weight excluding hydrogens is 612 g/mol. The Kier molecular flexibility index (Phi) is 9.67. The summed E-state index contributed by atoms with van der Waals surface area (Å²) in [6, 6.07) is 31.7. The van der Waals surface area contributed by atoms with Crippen LogP contribution in [0.25, 0.3) is 0 Å². The number of hydrogen-bond donors (Lipinski definition) is 1. The molecule has 212 valence electrons. The lowest BCUT2D eigenvalue weighted by molar-refractivity contribution is -0.142. The molecule has 0 saturated carbocycles.